The predicted molar refractivity (Wildman–Crippen MR) is 52.8 cm³/mol. The van der Waals surface area contributed by atoms with Crippen molar-refractivity contribution in [3.8, 4) is 0 Å². The highest BCUT2D eigenvalue weighted by atomic mass is 35.5. The normalized spacial score (nSPS) is 27.8. The Kier molecular flexibility index (Phi) is 2.54. The third-order valence-electron chi connectivity index (χ3n) is 2.42. The van der Waals surface area contributed by atoms with Gasteiger partial charge in [-0.05, 0) is 30.7 Å². The van der Waals surface area contributed by atoms with Crippen molar-refractivity contribution in [3.63, 3.8) is 0 Å². The van der Waals surface area contributed by atoms with Gasteiger partial charge in [0.2, 0.25) is 0 Å². The van der Waals surface area contributed by atoms with E-state index in [4.69, 9.17) is 11.6 Å². The number of aliphatic hydroxyl groups excluding tert-OH is 1. The number of rotatable bonds is 1. The van der Waals surface area contributed by atoms with E-state index in [9.17, 15) is 5.11 Å². The third-order valence-corrected chi connectivity index (χ3v) is 2.67. The molecule has 2 atom stereocenters. The summed E-state index contributed by atoms with van der Waals surface area (Å²) in [5.41, 5.74) is 1.11. The number of benzene rings is 1. The topological polar surface area (TPSA) is 32.3 Å². The summed E-state index contributed by atoms with van der Waals surface area (Å²) in [5, 5.41) is 13.6. The van der Waals surface area contributed by atoms with Crippen molar-refractivity contribution in [1.82, 2.24) is 5.32 Å². The lowest BCUT2D eigenvalue weighted by Gasteiger charge is -2.14. The van der Waals surface area contributed by atoms with E-state index in [0.717, 1.165) is 23.6 Å². The van der Waals surface area contributed by atoms with Gasteiger partial charge in [-0.1, -0.05) is 23.7 Å². The zero-order valence-corrected chi connectivity index (χ0v) is 7.96. The van der Waals surface area contributed by atoms with Gasteiger partial charge in [-0.25, -0.2) is 0 Å². The van der Waals surface area contributed by atoms with Crippen molar-refractivity contribution < 1.29 is 5.11 Å². The van der Waals surface area contributed by atoms with Gasteiger partial charge in [0, 0.05) is 5.02 Å². The summed E-state index contributed by atoms with van der Waals surface area (Å²) in [5.74, 6) is 0. The molecule has 0 aromatic heterocycles. The lowest BCUT2D eigenvalue weighted by molar-refractivity contribution is 0.160. The summed E-state index contributed by atoms with van der Waals surface area (Å²) in [6, 6.07) is 7.69. The predicted octanol–water partition coefficient (Wildman–Crippen LogP) is 1.74. The van der Waals surface area contributed by atoms with Crippen LogP contribution in [-0.4, -0.2) is 17.8 Å². The van der Waals surface area contributed by atoms with Gasteiger partial charge >= 0.3 is 0 Å². The molecule has 2 rings (SSSR count). The number of hydrogen-bond acceptors (Lipinski definition) is 2. The van der Waals surface area contributed by atoms with Crippen LogP contribution < -0.4 is 5.32 Å². The van der Waals surface area contributed by atoms with Gasteiger partial charge in [-0.15, -0.1) is 0 Å². The van der Waals surface area contributed by atoms with E-state index >= 15 is 0 Å². The molecule has 0 amide bonds. The van der Waals surface area contributed by atoms with Gasteiger partial charge in [0.15, 0.2) is 0 Å². The van der Waals surface area contributed by atoms with Gasteiger partial charge in [0.25, 0.3) is 0 Å². The summed E-state index contributed by atoms with van der Waals surface area (Å²) in [4.78, 5) is 0. The molecule has 0 aliphatic carbocycles. The monoisotopic (exact) mass is 197 g/mol. The smallest absolute Gasteiger partial charge is 0.0747 e. The van der Waals surface area contributed by atoms with Crippen LogP contribution in [0.15, 0.2) is 24.3 Å². The maximum absolute atomic E-state index is 9.62. The zero-order valence-electron chi connectivity index (χ0n) is 7.20. The van der Waals surface area contributed by atoms with E-state index in [0.29, 0.717) is 0 Å². The van der Waals surface area contributed by atoms with Gasteiger partial charge in [0.05, 0.1) is 12.1 Å². The Morgan fingerprint density at radius 3 is 2.54 bits per heavy atom. The largest absolute Gasteiger partial charge is 0.391 e. The van der Waals surface area contributed by atoms with Crippen LogP contribution in [0.5, 0.6) is 0 Å². The summed E-state index contributed by atoms with van der Waals surface area (Å²) in [6.45, 7) is 0.883. The van der Waals surface area contributed by atoms with Crippen molar-refractivity contribution in [2.75, 3.05) is 6.54 Å². The number of aliphatic hydroxyl groups is 1. The Morgan fingerprint density at radius 1 is 1.31 bits per heavy atom. The number of nitrogens with one attached hydrogen (secondary N) is 1. The van der Waals surface area contributed by atoms with Gasteiger partial charge in [-0.3, -0.25) is 0 Å². The molecule has 1 heterocycles. The first kappa shape index (κ1) is 9.00. The molecule has 0 bridgehead atoms. The molecule has 0 saturated carbocycles. The summed E-state index contributed by atoms with van der Waals surface area (Å²) < 4.78 is 0. The van der Waals surface area contributed by atoms with Gasteiger partial charge < -0.3 is 10.4 Å². The molecule has 3 heteroatoms. The molecule has 1 aromatic carbocycles. The molecule has 70 valence electrons. The lowest BCUT2D eigenvalue weighted by Crippen LogP contribution is -2.20. The highest BCUT2D eigenvalue weighted by molar-refractivity contribution is 6.30. The minimum atomic E-state index is -0.263. The Balaban J connectivity index is 2.20. The van der Waals surface area contributed by atoms with Crippen LogP contribution in [-0.2, 0) is 0 Å². The molecule has 2 nitrogen and oxygen atoms in total. The second kappa shape index (κ2) is 3.66. The first-order valence-electron chi connectivity index (χ1n) is 4.44. The Morgan fingerprint density at radius 2 is 2.00 bits per heavy atom. The second-order valence-corrected chi connectivity index (χ2v) is 3.78. The summed E-state index contributed by atoms with van der Waals surface area (Å²) in [7, 11) is 0. The Hall–Kier alpha value is -0.570. The van der Waals surface area contributed by atoms with E-state index < -0.39 is 0 Å². The third kappa shape index (κ3) is 1.85. The maximum atomic E-state index is 9.62. The minimum absolute atomic E-state index is 0.0808. The first-order valence-corrected chi connectivity index (χ1v) is 4.82. The van der Waals surface area contributed by atoms with Crippen LogP contribution in [0.25, 0.3) is 0 Å². The highest BCUT2D eigenvalue weighted by Gasteiger charge is 2.25. The fraction of sp³-hybridized carbons (Fsp3) is 0.400. The molecule has 1 aliphatic rings. The van der Waals surface area contributed by atoms with E-state index in [2.05, 4.69) is 5.32 Å². The highest BCUT2D eigenvalue weighted by Crippen LogP contribution is 2.24. The molecule has 1 fully saturated rings. The molecule has 1 saturated heterocycles. The van der Waals surface area contributed by atoms with Gasteiger partial charge in [0.1, 0.15) is 0 Å². The number of hydrogen-bond donors (Lipinski definition) is 2. The average Bonchev–Trinajstić information content (AvgIpc) is 2.53. The van der Waals surface area contributed by atoms with Crippen molar-refractivity contribution in [1.29, 1.82) is 0 Å². The van der Waals surface area contributed by atoms with Crippen molar-refractivity contribution in [2.24, 2.45) is 0 Å². The van der Waals surface area contributed by atoms with Crippen molar-refractivity contribution >= 4 is 11.6 Å². The lowest BCUT2D eigenvalue weighted by atomic mass is 10.0. The maximum Gasteiger partial charge on any atom is 0.0747 e. The number of halogens is 1. The van der Waals surface area contributed by atoms with Crippen LogP contribution >= 0.6 is 11.6 Å². The quantitative estimate of drug-likeness (QED) is 0.719. The first-order chi connectivity index (χ1) is 6.27. The molecule has 2 N–H and O–H groups in total. The van der Waals surface area contributed by atoms with Crippen LogP contribution in [0.3, 0.4) is 0 Å². The standard InChI is InChI=1S/C10H12ClNO/c11-8-3-1-7(2-4-8)10-9(13)5-6-12-10/h1-4,9-10,12-13H,5-6H2/t9-,10-/m1/s1. The molecular weight excluding hydrogens is 186 g/mol. The van der Waals surface area contributed by atoms with E-state index in [1.165, 1.54) is 0 Å². The molecule has 13 heavy (non-hydrogen) atoms. The van der Waals surface area contributed by atoms with Crippen LogP contribution in [0.4, 0.5) is 0 Å². The van der Waals surface area contributed by atoms with Gasteiger partial charge in [-0.2, -0.15) is 0 Å². The summed E-state index contributed by atoms with van der Waals surface area (Å²) in [6.07, 6.45) is 0.564. The molecule has 0 unspecified atom stereocenters. The van der Waals surface area contributed by atoms with Crippen LogP contribution in [0.2, 0.25) is 5.02 Å². The molecule has 0 radical (unpaired) electrons. The molecular formula is C10H12ClNO. The van der Waals surface area contributed by atoms with Crippen LogP contribution in [0.1, 0.15) is 18.0 Å². The SMILES string of the molecule is O[C@@H]1CCN[C@@H]1c1ccc(Cl)cc1. The Bertz CT molecular complexity index is 285. The minimum Gasteiger partial charge on any atom is -0.391 e. The van der Waals surface area contributed by atoms with Crippen LogP contribution in [0, 0.1) is 0 Å². The molecule has 1 aromatic rings. The average molecular weight is 198 g/mol. The van der Waals surface area contributed by atoms with Crippen molar-refractivity contribution in [3.05, 3.63) is 34.9 Å². The van der Waals surface area contributed by atoms with E-state index in [1.807, 2.05) is 24.3 Å². The summed E-state index contributed by atoms with van der Waals surface area (Å²) >= 11 is 5.77. The second-order valence-electron chi connectivity index (χ2n) is 3.34. The zero-order chi connectivity index (χ0) is 9.26. The fourth-order valence-corrected chi connectivity index (χ4v) is 1.83. The fourth-order valence-electron chi connectivity index (χ4n) is 1.70. The Labute approximate surface area is 82.5 Å². The van der Waals surface area contributed by atoms with E-state index in [-0.39, 0.29) is 12.1 Å². The molecule has 1 aliphatic heterocycles. The van der Waals surface area contributed by atoms with Crippen molar-refractivity contribution in [2.45, 2.75) is 18.6 Å². The molecule has 0 spiro atoms. The van der Waals surface area contributed by atoms with E-state index in [1.54, 1.807) is 0 Å².